The summed E-state index contributed by atoms with van der Waals surface area (Å²) in [6.45, 7) is 1.74. The summed E-state index contributed by atoms with van der Waals surface area (Å²) in [5.74, 6) is -1.21. The van der Waals surface area contributed by atoms with E-state index in [1.807, 2.05) is 17.5 Å². The lowest BCUT2D eigenvalue weighted by Crippen LogP contribution is -2.34. The smallest absolute Gasteiger partial charge is 0.308 e. The van der Waals surface area contributed by atoms with Crippen molar-refractivity contribution in [3.8, 4) is 10.8 Å². The second kappa shape index (κ2) is 6.53. The Morgan fingerprint density at radius 2 is 2.29 bits per heavy atom. The van der Waals surface area contributed by atoms with Crippen LogP contribution >= 0.6 is 11.3 Å². The van der Waals surface area contributed by atoms with Gasteiger partial charge in [0, 0.05) is 13.6 Å². The van der Waals surface area contributed by atoms with Gasteiger partial charge in [0.2, 0.25) is 11.8 Å². The highest BCUT2D eigenvalue weighted by Gasteiger charge is 2.19. The molecule has 1 amide bonds. The molecule has 0 aromatic carbocycles. The first-order chi connectivity index (χ1) is 9.97. The zero-order chi connectivity index (χ0) is 15.4. The number of thiophene rings is 1. The molecule has 0 aliphatic carbocycles. The van der Waals surface area contributed by atoms with Crippen LogP contribution in [0, 0.1) is 5.92 Å². The lowest BCUT2D eigenvalue weighted by Gasteiger charge is -2.18. The maximum absolute atomic E-state index is 12.0. The molecule has 2 aromatic rings. The fourth-order valence-corrected chi connectivity index (χ4v) is 2.44. The number of hydrogen-bond donors (Lipinski definition) is 1. The molecule has 2 aromatic heterocycles. The van der Waals surface area contributed by atoms with E-state index in [0.29, 0.717) is 11.6 Å². The van der Waals surface area contributed by atoms with Crippen molar-refractivity contribution in [1.29, 1.82) is 0 Å². The number of nitrogens with zero attached hydrogens (tertiary/aromatic N) is 2. The molecule has 0 fully saturated rings. The van der Waals surface area contributed by atoms with E-state index in [1.54, 1.807) is 14.0 Å². The van der Waals surface area contributed by atoms with E-state index in [-0.39, 0.29) is 18.9 Å². The maximum Gasteiger partial charge on any atom is 0.308 e. The molecule has 0 radical (unpaired) electrons. The van der Waals surface area contributed by atoms with Gasteiger partial charge in [-0.1, -0.05) is 13.0 Å². The number of oxazole rings is 1. The third-order valence-corrected chi connectivity index (χ3v) is 3.87. The number of rotatable bonds is 6. The summed E-state index contributed by atoms with van der Waals surface area (Å²) in [5, 5.41) is 10.8. The van der Waals surface area contributed by atoms with Gasteiger partial charge in [-0.3, -0.25) is 9.59 Å². The Hall–Kier alpha value is -2.15. The molecule has 0 spiro atoms. The number of carbonyl (C=O) groups excluding carboxylic acids is 1. The predicted molar refractivity (Wildman–Crippen MR) is 78.0 cm³/mol. The highest BCUT2D eigenvalue weighted by Crippen LogP contribution is 2.23. The molecule has 6 nitrogen and oxygen atoms in total. The van der Waals surface area contributed by atoms with Gasteiger partial charge in [0.15, 0.2) is 0 Å². The molecule has 0 bridgehead atoms. The van der Waals surface area contributed by atoms with Gasteiger partial charge >= 0.3 is 5.97 Å². The minimum Gasteiger partial charge on any atom is -0.481 e. The fraction of sp³-hybridized carbons (Fsp3) is 0.357. The van der Waals surface area contributed by atoms with Crippen LogP contribution in [0.2, 0.25) is 0 Å². The first-order valence-electron chi connectivity index (χ1n) is 6.42. The Bertz CT molecular complexity index is 621. The summed E-state index contributed by atoms with van der Waals surface area (Å²) >= 11 is 1.51. The molecule has 0 aliphatic heterocycles. The van der Waals surface area contributed by atoms with Crippen molar-refractivity contribution in [3.63, 3.8) is 0 Å². The van der Waals surface area contributed by atoms with Crippen molar-refractivity contribution in [2.75, 3.05) is 13.6 Å². The van der Waals surface area contributed by atoms with Crippen molar-refractivity contribution in [3.05, 3.63) is 29.5 Å². The molecule has 7 heteroatoms. The van der Waals surface area contributed by atoms with E-state index in [0.717, 1.165) is 4.88 Å². The topological polar surface area (TPSA) is 83.6 Å². The van der Waals surface area contributed by atoms with Crippen LogP contribution in [0.4, 0.5) is 0 Å². The van der Waals surface area contributed by atoms with Gasteiger partial charge in [-0.25, -0.2) is 4.98 Å². The SMILES string of the molecule is CC(CN(C)C(=O)Cc1coc(-c2cccs2)n1)C(=O)O. The number of hydrogen-bond acceptors (Lipinski definition) is 5. The van der Waals surface area contributed by atoms with Crippen molar-refractivity contribution >= 4 is 23.2 Å². The summed E-state index contributed by atoms with van der Waals surface area (Å²) in [7, 11) is 1.59. The molecule has 0 saturated heterocycles. The minimum atomic E-state index is -0.920. The van der Waals surface area contributed by atoms with Crippen molar-refractivity contribution < 1.29 is 19.1 Å². The second-order valence-corrected chi connectivity index (χ2v) is 5.76. The minimum absolute atomic E-state index is 0.0950. The quantitative estimate of drug-likeness (QED) is 0.883. The molecule has 1 unspecified atom stereocenters. The van der Waals surface area contributed by atoms with E-state index in [1.165, 1.54) is 22.5 Å². The number of likely N-dealkylation sites (N-methyl/N-ethyl adjacent to an activating group) is 1. The predicted octanol–water partition coefficient (Wildman–Crippen LogP) is 2.12. The number of carboxylic acid groups (broad SMARTS) is 1. The molecular weight excluding hydrogens is 292 g/mol. The normalized spacial score (nSPS) is 12.1. The van der Waals surface area contributed by atoms with E-state index >= 15 is 0 Å². The third-order valence-electron chi connectivity index (χ3n) is 3.01. The largest absolute Gasteiger partial charge is 0.481 e. The van der Waals surface area contributed by atoms with Gasteiger partial charge in [0.25, 0.3) is 0 Å². The van der Waals surface area contributed by atoms with Crippen LogP contribution < -0.4 is 0 Å². The number of carbonyl (C=O) groups is 2. The van der Waals surface area contributed by atoms with Crippen LogP contribution in [-0.2, 0) is 16.0 Å². The van der Waals surface area contributed by atoms with E-state index in [9.17, 15) is 9.59 Å². The molecule has 2 rings (SSSR count). The third kappa shape index (κ3) is 3.91. The first-order valence-corrected chi connectivity index (χ1v) is 7.30. The van der Waals surface area contributed by atoms with Crippen molar-refractivity contribution in [2.45, 2.75) is 13.3 Å². The first kappa shape index (κ1) is 15.2. The maximum atomic E-state index is 12.0. The standard InChI is InChI=1S/C14H16N2O4S/c1-9(14(18)19)7-16(2)12(17)6-10-8-20-13(15-10)11-4-3-5-21-11/h3-5,8-9H,6-7H2,1-2H3,(H,18,19). The highest BCUT2D eigenvalue weighted by molar-refractivity contribution is 7.13. The monoisotopic (exact) mass is 308 g/mol. The summed E-state index contributed by atoms with van der Waals surface area (Å²) < 4.78 is 5.34. The van der Waals surface area contributed by atoms with Gasteiger partial charge in [-0.05, 0) is 11.4 Å². The van der Waals surface area contributed by atoms with Crippen LogP contribution in [0.1, 0.15) is 12.6 Å². The average Bonchev–Trinajstić information content (AvgIpc) is 3.08. The molecule has 112 valence electrons. The van der Waals surface area contributed by atoms with Crippen LogP contribution in [0.3, 0.4) is 0 Å². The Morgan fingerprint density at radius 1 is 1.52 bits per heavy atom. The zero-order valence-electron chi connectivity index (χ0n) is 11.8. The van der Waals surface area contributed by atoms with Crippen LogP contribution in [0.25, 0.3) is 10.8 Å². The molecule has 1 atom stereocenters. The number of aromatic nitrogens is 1. The van der Waals surface area contributed by atoms with Crippen molar-refractivity contribution in [1.82, 2.24) is 9.88 Å². The summed E-state index contributed by atoms with van der Waals surface area (Å²) in [6, 6.07) is 3.79. The molecule has 2 heterocycles. The summed E-state index contributed by atoms with van der Waals surface area (Å²) in [5.41, 5.74) is 0.540. The average molecular weight is 308 g/mol. The lowest BCUT2D eigenvalue weighted by atomic mass is 10.1. The van der Waals surface area contributed by atoms with Gasteiger partial charge in [-0.15, -0.1) is 11.3 Å². The van der Waals surface area contributed by atoms with Gasteiger partial charge in [0.05, 0.1) is 22.9 Å². The summed E-state index contributed by atoms with van der Waals surface area (Å²) in [4.78, 5) is 29.4. The Labute approximate surface area is 126 Å². The Balaban J connectivity index is 1.95. The second-order valence-electron chi connectivity index (χ2n) is 4.81. The molecule has 1 N–H and O–H groups in total. The van der Waals surface area contributed by atoms with Gasteiger partial charge in [-0.2, -0.15) is 0 Å². The van der Waals surface area contributed by atoms with E-state index in [4.69, 9.17) is 9.52 Å². The highest BCUT2D eigenvalue weighted by atomic mass is 32.1. The fourth-order valence-electron chi connectivity index (χ4n) is 1.78. The van der Waals surface area contributed by atoms with E-state index in [2.05, 4.69) is 4.98 Å². The van der Waals surface area contributed by atoms with Crippen LogP contribution in [0.5, 0.6) is 0 Å². The Morgan fingerprint density at radius 3 is 2.90 bits per heavy atom. The molecule has 0 aliphatic rings. The van der Waals surface area contributed by atoms with Crippen LogP contribution in [0.15, 0.2) is 28.2 Å². The van der Waals surface area contributed by atoms with Crippen molar-refractivity contribution in [2.24, 2.45) is 5.92 Å². The van der Waals surface area contributed by atoms with Gasteiger partial charge in [0.1, 0.15) is 6.26 Å². The number of amides is 1. The molecule has 0 saturated carbocycles. The Kier molecular flexibility index (Phi) is 4.74. The summed E-state index contributed by atoms with van der Waals surface area (Å²) in [6.07, 6.45) is 1.55. The molecule has 21 heavy (non-hydrogen) atoms. The van der Waals surface area contributed by atoms with E-state index < -0.39 is 11.9 Å². The zero-order valence-corrected chi connectivity index (χ0v) is 12.6. The number of carboxylic acids is 1. The lowest BCUT2D eigenvalue weighted by molar-refractivity contribution is -0.142. The van der Waals surface area contributed by atoms with Gasteiger partial charge < -0.3 is 14.4 Å². The molecular formula is C14H16N2O4S. The number of aliphatic carboxylic acids is 1. The van der Waals surface area contributed by atoms with Crippen LogP contribution in [-0.4, -0.2) is 40.5 Å².